The van der Waals surface area contributed by atoms with E-state index in [1.54, 1.807) is 6.07 Å². The molecule has 0 saturated carbocycles. The standard InChI is InChI=1S/C20H14N2O5S/c23-20(19-21-14-3-1-2-4-18(14)28-19)26-11-13-10-16(27-22-13)12-5-6-15-17(9-12)25-8-7-24-15/h1-6,9-10H,7-8,11H2. The number of rotatable bonds is 4. The van der Waals surface area contributed by atoms with Crippen LogP contribution < -0.4 is 9.47 Å². The van der Waals surface area contributed by atoms with Crippen LogP contribution in [0.1, 0.15) is 15.5 Å². The van der Waals surface area contributed by atoms with E-state index in [1.165, 1.54) is 11.3 Å². The van der Waals surface area contributed by atoms with Crippen molar-refractivity contribution in [2.45, 2.75) is 6.61 Å². The minimum Gasteiger partial charge on any atom is -0.486 e. The Bertz CT molecular complexity index is 1130. The van der Waals surface area contributed by atoms with Crippen LogP contribution in [0, 0.1) is 0 Å². The van der Waals surface area contributed by atoms with Gasteiger partial charge in [0.05, 0.1) is 10.2 Å². The van der Waals surface area contributed by atoms with Crippen LogP contribution in [0.25, 0.3) is 21.5 Å². The van der Waals surface area contributed by atoms with Crippen LogP contribution >= 0.6 is 11.3 Å². The first-order chi connectivity index (χ1) is 13.8. The summed E-state index contributed by atoms with van der Waals surface area (Å²) < 4.78 is 22.7. The van der Waals surface area contributed by atoms with Gasteiger partial charge < -0.3 is 18.7 Å². The van der Waals surface area contributed by atoms with Gasteiger partial charge in [0.1, 0.15) is 25.5 Å². The molecule has 0 bridgehead atoms. The Balaban J connectivity index is 1.28. The largest absolute Gasteiger partial charge is 0.486 e. The molecule has 0 amide bonds. The fourth-order valence-electron chi connectivity index (χ4n) is 2.87. The van der Waals surface area contributed by atoms with Crippen LogP contribution in [0.15, 0.2) is 53.1 Å². The summed E-state index contributed by atoms with van der Waals surface area (Å²) in [6.45, 7) is 1.06. The molecule has 0 N–H and O–H groups in total. The lowest BCUT2D eigenvalue weighted by molar-refractivity contribution is 0.0464. The van der Waals surface area contributed by atoms with E-state index in [2.05, 4.69) is 10.1 Å². The Morgan fingerprint density at radius 2 is 1.93 bits per heavy atom. The van der Waals surface area contributed by atoms with E-state index in [4.69, 9.17) is 18.7 Å². The van der Waals surface area contributed by atoms with Crippen molar-refractivity contribution in [3.05, 3.63) is 59.2 Å². The van der Waals surface area contributed by atoms with Crippen molar-refractivity contribution in [3.8, 4) is 22.8 Å². The Kier molecular flexibility index (Phi) is 4.17. The van der Waals surface area contributed by atoms with Gasteiger partial charge in [-0.25, -0.2) is 9.78 Å². The first kappa shape index (κ1) is 16.8. The molecule has 2 aromatic carbocycles. The highest BCUT2D eigenvalue weighted by molar-refractivity contribution is 7.20. The topological polar surface area (TPSA) is 83.7 Å². The zero-order valence-corrected chi connectivity index (χ0v) is 15.4. The summed E-state index contributed by atoms with van der Waals surface area (Å²) in [5, 5.41) is 4.29. The SMILES string of the molecule is O=C(OCc1cc(-c2ccc3c(c2)OCCO3)on1)c1nc2ccccc2s1. The Hall–Kier alpha value is -3.39. The molecule has 0 unspecified atom stereocenters. The molecule has 5 rings (SSSR count). The van der Waals surface area contributed by atoms with Crippen LogP contribution in [-0.4, -0.2) is 29.3 Å². The van der Waals surface area contributed by atoms with E-state index < -0.39 is 5.97 Å². The van der Waals surface area contributed by atoms with E-state index in [0.29, 0.717) is 41.2 Å². The van der Waals surface area contributed by atoms with Crippen molar-refractivity contribution >= 4 is 27.5 Å². The quantitative estimate of drug-likeness (QED) is 0.482. The predicted octanol–water partition coefficient (Wildman–Crippen LogP) is 4.08. The number of hydrogen-bond donors (Lipinski definition) is 0. The van der Waals surface area contributed by atoms with Crippen molar-refractivity contribution in [1.82, 2.24) is 10.1 Å². The number of thiazole rings is 1. The monoisotopic (exact) mass is 394 g/mol. The number of esters is 1. The van der Waals surface area contributed by atoms with E-state index in [-0.39, 0.29) is 6.61 Å². The number of hydrogen-bond acceptors (Lipinski definition) is 8. The summed E-state index contributed by atoms with van der Waals surface area (Å²) >= 11 is 1.30. The average Bonchev–Trinajstić information content (AvgIpc) is 3.39. The summed E-state index contributed by atoms with van der Waals surface area (Å²) in [7, 11) is 0. The fourth-order valence-corrected chi connectivity index (χ4v) is 3.73. The molecule has 0 spiro atoms. The molecule has 140 valence electrons. The lowest BCUT2D eigenvalue weighted by Gasteiger charge is -2.18. The van der Waals surface area contributed by atoms with Gasteiger partial charge in [-0.3, -0.25) is 0 Å². The average molecular weight is 394 g/mol. The van der Waals surface area contributed by atoms with Crippen LogP contribution in [0.2, 0.25) is 0 Å². The van der Waals surface area contributed by atoms with Gasteiger partial charge in [-0.15, -0.1) is 11.3 Å². The third-order valence-electron chi connectivity index (χ3n) is 4.21. The predicted molar refractivity (Wildman–Crippen MR) is 102 cm³/mol. The molecule has 28 heavy (non-hydrogen) atoms. The molecule has 0 atom stereocenters. The number of carbonyl (C=O) groups is 1. The van der Waals surface area contributed by atoms with Crippen molar-refractivity contribution in [3.63, 3.8) is 0 Å². The van der Waals surface area contributed by atoms with Gasteiger partial charge >= 0.3 is 5.97 Å². The number of aromatic nitrogens is 2. The Morgan fingerprint density at radius 1 is 1.07 bits per heavy atom. The highest BCUT2D eigenvalue weighted by atomic mass is 32.1. The van der Waals surface area contributed by atoms with Crippen molar-refractivity contribution in [2.75, 3.05) is 13.2 Å². The molecule has 8 heteroatoms. The van der Waals surface area contributed by atoms with E-state index in [9.17, 15) is 4.79 Å². The summed E-state index contributed by atoms with van der Waals surface area (Å²) in [5.74, 6) is 1.46. The fraction of sp³-hybridized carbons (Fsp3) is 0.150. The maximum Gasteiger partial charge on any atom is 0.367 e. The Morgan fingerprint density at radius 3 is 2.82 bits per heavy atom. The second-order valence-corrected chi connectivity index (χ2v) is 7.13. The smallest absolute Gasteiger partial charge is 0.367 e. The summed E-state index contributed by atoms with van der Waals surface area (Å²) in [5.41, 5.74) is 2.10. The normalized spacial score (nSPS) is 12.9. The van der Waals surface area contributed by atoms with Gasteiger partial charge in [0, 0.05) is 11.6 Å². The summed E-state index contributed by atoms with van der Waals surface area (Å²) in [6, 6.07) is 14.8. The van der Waals surface area contributed by atoms with Crippen LogP contribution in [0.3, 0.4) is 0 Å². The van der Waals surface area contributed by atoms with E-state index >= 15 is 0 Å². The number of para-hydroxylation sites is 1. The lowest BCUT2D eigenvalue weighted by Crippen LogP contribution is -2.15. The molecule has 0 saturated heterocycles. The third kappa shape index (κ3) is 3.18. The number of nitrogens with zero attached hydrogens (tertiary/aromatic N) is 2. The van der Waals surface area contributed by atoms with Gasteiger partial charge in [0.25, 0.3) is 0 Å². The van der Waals surface area contributed by atoms with Crippen molar-refractivity contribution in [2.24, 2.45) is 0 Å². The third-order valence-corrected chi connectivity index (χ3v) is 5.22. The van der Waals surface area contributed by atoms with Gasteiger partial charge in [0.2, 0.25) is 5.01 Å². The highest BCUT2D eigenvalue weighted by Crippen LogP contribution is 2.34. The number of benzene rings is 2. The molecule has 1 aliphatic rings. The van der Waals surface area contributed by atoms with Crippen LogP contribution in [0.5, 0.6) is 11.5 Å². The summed E-state index contributed by atoms with van der Waals surface area (Å²) in [6.07, 6.45) is 0. The Labute approximate surface area is 163 Å². The first-order valence-corrected chi connectivity index (χ1v) is 9.46. The van der Waals surface area contributed by atoms with Gasteiger partial charge in [-0.2, -0.15) is 0 Å². The second-order valence-electron chi connectivity index (χ2n) is 6.10. The minimum atomic E-state index is -0.481. The maximum absolute atomic E-state index is 12.3. The van der Waals surface area contributed by atoms with Crippen molar-refractivity contribution < 1.29 is 23.5 Å². The van der Waals surface area contributed by atoms with Crippen LogP contribution in [-0.2, 0) is 11.3 Å². The molecule has 0 radical (unpaired) electrons. The first-order valence-electron chi connectivity index (χ1n) is 8.64. The molecule has 2 aromatic heterocycles. The van der Waals surface area contributed by atoms with Crippen molar-refractivity contribution in [1.29, 1.82) is 0 Å². The molecule has 7 nitrogen and oxygen atoms in total. The number of ether oxygens (including phenoxy) is 3. The molecular weight excluding hydrogens is 380 g/mol. The second kappa shape index (κ2) is 6.97. The molecule has 4 aromatic rings. The maximum atomic E-state index is 12.3. The van der Waals surface area contributed by atoms with Gasteiger partial charge in [-0.1, -0.05) is 17.3 Å². The van der Waals surface area contributed by atoms with Crippen LogP contribution in [0.4, 0.5) is 0 Å². The lowest BCUT2D eigenvalue weighted by atomic mass is 10.1. The number of carbonyl (C=O) groups excluding carboxylic acids is 1. The molecule has 0 fully saturated rings. The molecular formula is C20H14N2O5S. The minimum absolute atomic E-state index is 0.00279. The van der Waals surface area contributed by atoms with Gasteiger partial charge in [0.15, 0.2) is 17.3 Å². The molecule has 0 aliphatic carbocycles. The van der Waals surface area contributed by atoms with E-state index in [0.717, 1.165) is 15.8 Å². The zero-order chi connectivity index (χ0) is 18.9. The summed E-state index contributed by atoms with van der Waals surface area (Å²) in [4.78, 5) is 16.6. The molecule has 3 heterocycles. The highest BCUT2D eigenvalue weighted by Gasteiger charge is 2.17. The zero-order valence-electron chi connectivity index (χ0n) is 14.6. The van der Waals surface area contributed by atoms with Gasteiger partial charge in [-0.05, 0) is 30.3 Å². The molecule has 1 aliphatic heterocycles. The van der Waals surface area contributed by atoms with E-state index in [1.807, 2.05) is 42.5 Å². The number of fused-ring (bicyclic) bond motifs is 2.